The summed E-state index contributed by atoms with van der Waals surface area (Å²) in [5.41, 5.74) is 0.698. The van der Waals surface area contributed by atoms with E-state index < -0.39 is 5.60 Å². The van der Waals surface area contributed by atoms with Gasteiger partial charge >= 0.3 is 0 Å². The molecule has 15 heavy (non-hydrogen) atoms. The van der Waals surface area contributed by atoms with E-state index in [0.29, 0.717) is 5.75 Å². The van der Waals surface area contributed by atoms with Crippen molar-refractivity contribution in [1.29, 1.82) is 0 Å². The Morgan fingerprint density at radius 2 is 2.20 bits per heavy atom. The predicted molar refractivity (Wildman–Crippen MR) is 57.9 cm³/mol. The van der Waals surface area contributed by atoms with E-state index in [2.05, 4.69) is 9.97 Å². The lowest BCUT2D eigenvalue weighted by Crippen LogP contribution is -2.14. The fourth-order valence-electron chi connectivity index (χ4n) is 1.60. The van der Waals surface area contributed by atoms with Crippen LogP contribution >= 0.6 is 0 Å². The highest BCUT2D eigenvalue weighted by Gasteiger charge is 2.20. The first kappa shape index (κ1) is 9.98. The Labute approximate surface area is 87.9 Å². The van der Waals surface area contributed by atoms with E-state index >= 15 is 0 Å². The molecule has 0 radical (unpaired) electrons. The molecule has 80 valence electrons. The van der Waals surface area contributed by atoms with Crippen LogP contribution in [0.25, 0.3) is 11.0 Å². The van der Waals surface area contributed by atoms with Crippen molar-refractivity contribution in [1.82, 2.24) is 9.97 Å². The molecule has 2 aromatic heterocycles. The summed E-state index contributed by atoms with van der Waals surface area (Å²) in [6.45, 7) is 3.49. The number of ether oxygens (including phenoxy) is 1. The van der Waals surface area contributed by atoms with Crippen LogP contribution in [0, 0.1) is 0 Å². The number of aromatic nitrogens is 2. The van der Waals surface area contributed by atoms with Gasteiger partial charge in [0.05, 0.1) is 18.9 Å². The Bertz CT molecular complexity index is 483. The van der Waals surface area contributed by atoms with Gasteiger partial charge in [0.2, 0.25) is 0 Å². The molecule has 0 spiro atoms. The van der Waals surface area contributed by atoms with Gasteiger partial charge in [0.15, 0.2) is 0 Å². The number of nitrogens with zero attached hydrogens (tertiary/aromatic N) is 1. The number of H-pyrrole nitrogens is 1. The van der Waals surface area contributed by atoms with Crippen LogP contribution in [0.5, 0.6) is 5.75 Å². The van der Waals surface area contributed by atoms with Crippen molar-refractivity contribution in [2.75, 3.05) is 7.11 Å². The lowest BCUT2D eigenvalue weighted by Gasteiger charge is -2.16. The molecule has 2 rings (SSSR count). The van der Waals surface area contributed by atoms with E-state index in [9.17, 15) is 5.11 Å². The largest absolute Gasteiger partial charge is 0.495 e. The molecule has 0 bridgehead atoms. The monoisotopic (exact) mass is 206 g/mol. The molecule has 0 aliphatic carbocycles. The van der Waals surface area contributed by atoms with Crippen LogP contribution < -0.4 is 4.74 Å². The summed E-state index contributed by atoms with van der Waals surface area (Å²) in [4.78, 5) is 7.21. The van der Waals surface area contributed by atoms with Crippen LogP contribution in [0.3, 0.4) is 0 Å². The first-order chi connectivity index (χ1) is 7.02. The summed E-state index contributed by atoms with van der Waals surface area (Å²) in [6.07, 6.45) is 3.42. The predicted octanol–water partition coefficient (Wildman–Crippen LogP) is 1.80. The van der Waals surface area contributed by atoms with Gasteiger partial charge < -0.3 is 14.8 Å². The molecule has 0 aliphatic rings. The highest BCUT2D eigenvalue weighted by molar-refractivity contribution is 5.81. The van der Waals surface area contributed by atoms with Gasteiger partial charge in [-0.3, -0.25) is 0 Å². The van der Waals surface area contributed by atoms with Crippen LogP contribution in [0.15, 0.2) is 18.5 Å². The molecule has 0 atom stereocenters. The van der Waals surface area contributed by atoms with Crippen LogP contribution in [-0.4, -0.2) is 22.2 Å². The van der Waals surface area contributed by atoms with E-state index in [4.69, 9.17) is 4.74 Å². The van der Waals surface area contributed by atoms with Crippen molar-refractivity contribution in [3.63, 3.8) is 0 Å². The topological polar surface area (TPSA) is 58.1 Å². The maximum absolute atomic E-state index is 9.95. The van der Waals surface area contributed by atoms with E-state index in [-0.39, 0.29) is 0 Å². The quantitative estimate of drug-likeness (QED) is 0.787. The molecule has 0 saturated heterocycles. The van der Waals surface area contributed by atoms with Gasteiger partial charge in [0.1, 0.15) is 11.4 Å². The molecule has 2 N–H and O–H groups in total. The number of methoxy groups -OCH3 is 1. The van der Waals surface area contributed by atoms with Gasteiger partial charge in [-0.15, -0.1) is 0 Å². The fraction of sp³-hybridized carbons (Fsp3) is 0.364. The highest BCUT2D eigenvalue weighted by atomic mass is 16.5. The van der Waals surface area contributed by atoms with E-state index in [0.717, 1.165) is 16.6 Å². The number of fused-ring (bicyclic) bond motifs is 1. The Morgan fingerprint density at radius 3 is 2.80 bits per heavy atom. The number of hydrogen-bond donors (Lipinski definition) is 2. The number of aromatic amines is 1. The molecule has 2 heterocycles. The minimum absolute atomic E-state index is 0.688. The number of hydrogen-bond acceptors (Lipinski definition) is 3. The Hall–Kier alpha value is -1.55. The molecule has 0 fully saturated rings. The molecule has 0 amide bonds. The average molecular weight is 206 g/mol. The van der Waals surface area contributed by atoms with Crippen molar-refractivity contribution in [3.8, 4) is 5.75 Å². The second kappa shape index (κ2) is 3.24. The zero-order chi connectivity index (χ0) is 11.1. The molecular formula is C11H14N2O2. The van der Waals surface area contributed by atoms with E-state index in [1.807, 2.05) is 6.07 Å². The molecule has 2 aromatic rings. The number of pyridine rings is 1. The molecular weight excluding hydrogens is 192 g/mol. The number of nitrogens with one attached hydrogen (secondary N) is 1. The summed E-state index contributed by atoms with van der Waals surface area (Å²) in [5.74, 6) is 0.688. The lowest BCUT2D eigenvalue weighted by molar-refractivity contribution is 0.0802. The second-order valence-corrected chi connectivity index (χ2v) is 4.03. The summed E-state index contributed by atoms with van der Waals surface area (Å²) in [7, 11) is 1.60. The molecule has 4 heteroatoms. The van der Waals surface area contributed by atoms with Crippen molar-refractivity contribution >= 4 is 11.0 Å². The zero-order valence-electron chi connectivity index (χ0n) is 9.03. The van der Waals surface area contributed by atoms with E-state index in [1.165, 1.54) is 0 Å². The summed E-state index contributed by atoms with van der Waals surface area (Å²) >= 11 is 0. The lowest BCUT2D eigenvalue weighted by atomic mass is 9.99. The highest BCUT2D eigenvalue weighted by Crippen LogP contribution is 2.29. The maximum Gasteiger partial charge on any atom is 0.137 e. The van der Waals surface area contributed by atoms with Crippen LogP contribution in [-0.2, 0) is 5.60 Å². The first-order valence-electron chi connectivity index (χ1n) is 4.76. The number of rotatable bonds is 2. The minimum Gasteiger partial charge on any atom is -0.495 e. The fourth-order valence-corrected chi connectivity index (χ4v) is 1.60. The smallest absolute Gasteiger partial charge is 0.137 e. The maximum atomic E-state index is 9.95. The van der Waals surface area contributed by atoms with E-state index in [1.54, 1.807) is 33.4 Å². The third-order valence-electron chi connectivity index (χ3n) is 2.40. The molecule has 0 unspecified atom stereocenters. The summed E-state index contributed by atoms with van der Waals surface area (Å²) < 4.78 is 5.10. The van der Waals surface area contributed by atoms with Crippen molar-refractivity contribution in [2.24, 2.45) is 0 Å². The SMILES string of the molecule is COc1cnc2[nH]cc(C(C)(C)O)c2c1. The van der Waals surface area contributed by atoms with Gasteiger partial charge in [-0.05, 0) is 19.9 Å². The van der Waals surface area contributed by atoms with Crippen LogP contribution in [0.1, 0.15) is 19.4 Å². The Morgan fingerprint density at radius 1 is 1.47 bits per heavy atom. The van der Waals surface area contributed by atoms with Crippen molar-refractivity contribution < 1.29 is 9.84 Å². The third kappa shape index (κ3) is 1.68. The Balaban J connectivity index is 2.67. The second-order valence-electron chi connectivity index (χ2n) is 4.03. The van der Waals surface area contributed by atoms with Gasteiger partial charge in [-0.1, -0.05) is 0 Å². The van der Waals surface area contributed by atoms with Gasteiger partial charge in [0.25, 0.3) is 0 Å². The Kier molecular flexibility index (Phi) is 2.16. The zero-order valence-corrected chi connectivity index (χ0v) is 9.03. The average Bonchev–Trinajstić information content (AvgIpc) is 2.59. The van der Waals surface area contributed by atoms with Crippen LogP contribution in [0.4, 0.5) is 0 Å². The normalized spacial score (nSPS) is 12.0. The summed E-state index contributed by atoms with van der Waals surface area (Å²) in [6, 6.07) is 1.87. The van der Waals surface area contributed by atoms with Crippen molar-refractivity contribution in [2.45, 2.75) is 19.4 Å². The minimum atomic E-state index is -0.883. The third-order valence-corrected chi connectivity index (χ3v) is 2.40. The molecule has 4 nitrogen and oxygen atoms in total. The molecule has 0 saturated carbocycles. The van der Waals surface area contributed by atoms with Gasteiger partial charge in [-0.25, -0.2) is 4.98 Å². The van der Waals surface area contributed by atoms with Crippen LogP contribution in [0.2, 0.25) is 0 Å². The molecule has 0 aliphatic heterocycles. The van der Waals surface area contributed by atoms with Gasteiger partial charge in [0, 0.05) is 17.1 Å². The van der Waals surface area contributed by atoms with Crippen molar-refractivity contribution in [3.05, 3.63) is 24.0 Å². The summed E-state index contributed by atoms with van der Waals surface area (Å²) in [5, 5.41) is 10.8. The number of aliphatic hydroxyl groups is 1. The first-order valence-corrected chi connectivity index (χ1v) is 4.76. The standard InChI is InChI=1S/C11H14N2O2/c1-11(2,14)9-6-13-10-8(9)4-7(15-3)5-12-10/h4-6,14H,1-3H3,(H,12,13). The molecule has 0 aromatic carbocycles. The van der Waals surface area contributed by atoms with Gasteiger partial charge in [-0.2, -0.15) is 0 Å².